The van der Waals surface area contributed by atoms with Crippen LogP contribution in [0.1, 0.15) is 54.6 Å². The van der Waals surface area contributed by atoms with Crippen LogP contribution < -0.4 is 0 Å². The second-order valence-electron chi connectivity index (χ2n) is 14.4. The summed E-state index contributed by atoms with van der Waals surface area (Å²) in [6, 6.07) is 40.1. The molecule has 0 spiro atoms. The molecule has 4 aromatic carbocycles. The molecule has 0 fully saturated rings. The van der Waals surface area contributed by atoms with Gasteiger partial charge in [-0.15, -0.1) is 0 Å². The number of nitrogens with zero attached hydrogens (tertiary/aromatic N) is 2. The molecule has 282 valence electrons. The number of benzene rings is 4. The first-order chi connectivity index (χ1) is 28.3. The van der Waals surface area contributed by atoms with Gasteiger partial charge in [-0.3, -0.25) is 0 Å². The van der Waals surface area contributed by atoms with Gasteiger partial charge in [-0.25, -0.2) is 19.6 Å². The van der Waals surface area contributed by atoms with Crippen molar-refractivity contribution in [2.24, 2.45) is 0 Å². The SMILES string of the molecule is COC(=O)c1ccc(-c2c3nc(c(-c4ccc(C(=O)OC)cc4)c4ccc([nH]4)c(-c4ccc(C)cc4)c4nc(c(-c5ccc(C)cc5)c5ccc2[nH]5)C=C4)C=C3)cc1. The highest BCUT2D eigenvalue weighted by molar-refractivity contribution is 6.00. The molecule has 2 N–H and O–H groups in total. The molecule has 0 saturated carbocycles. The minimum Gasteiger partial charge on any atom is -0.465 e. The number of rotatable bonds is 6. The first-order valence-electron chi connectivity index (χ1n) is 19.0. The Kier molecular flexibility index (Phi) is 9.22. The lowest BCUT2D eigenvalue weighted by Crippen LogP contribution is -2.00. The summed E-state index contributed by atoms with van der Waals surface area (Å²) in [6.07, 6.45) is 8.21. The van der Waals surface area contributed by atoms with Crippen LogP contribution in [0.25, 0.3) is 90.9 Å². The van der Waals surface area contributed by atoms with Crippen LogP contribution in [0, 0.1) is 13.8 Å². The second kappa shape index (κ2) is 14.8. The number of hydrogen-bond acceptors (Lipinski definition) is 6. The molecule has 3 aromatic heterocycles. The standard InChI is InChI=1S/C50H38N4O4/c1-29-5-9-31(10-6-29)45-37-21-22-38(51-37)46(32-11-7-30(2)8-12-32)40-24-26-42(53-40)48(34-15-19-36(20-16-34)50(56)58-4)44-28-27-43(54-44)47(41-25-23-39(45)52-41)33-13-17-35(18-14-33)49(55)57-3/h5-28,52-53H,1-4H3. The Morgan fingerprint density at radius 2 is 0.655 bits per heavy atom. The fraction of sp³-hybridized carbons (Fsp3) is 0.0800. The van der Waals surface area contributed by atoms with Gasteiger partial charge in [0.15, 0.2) is 0 Å². The largest absolute Gasteiger partial charge is 0.465 e. The van der Waals surface area contributed by atoms with Gasteiger partial charge in [0.2, 0.25) is 0 Å². The van der Waals surface area contributed by atoms with Crippen LogP contribution in [-0.2, 0) is 9.47 Å². The summed E-state index contributed by atoms with van der Waals surface area (Å²) < 4.78 is 9.99. The summed E-state index contributed by atoms with van der Waals surface area (Å²) in [4.78, 5) is 43.1. The van der Waals surface area contributed by atoms with Crippen LogP contribution in [0.5, 0.6) is 0 Å². The quantitative estimate of drug-likeness (QED) is 0.163. The molecule has 0 unspecified atom stereocenters. The fourth-order valence-corrected chi connectivity index (χ4v) is 7.64. The fourth-order valence-electron chi connectivity index (χ4n) is 7.64. The number of aromatic nitrogens is 4. The number of methoxy groups -OCH3 is 2. The molecule has 0 saturated heterocycles. The Bertz CT molecular complexity index is 2790. The zero-order valence-corrected chi connectivity index (χ0v) is 32.4. The van der Waals surface area contributed by atoms with E-state index in [2.05, 4.69) is 109 Å². The minimum atomic E-state index is -0.408. The maximum absolute atomic E-state index is 12.4. The van der Waals surface area contributed by atoms with Crippen LogP contribution in [-0.4, -0.2) is 46.1 Å². The number of H-pyrrole nitrogens is 2. The van der Waals surface area contributed by atoms with E-state index in [-0.39, 0.29) is 0 Å². The van der Waals surface area contributed by atoms with E-state index in [0.29, 0.717) is 11.1 Å². The molecular weight excluding hydrogens is 721 g/mol. The first-order valence-corrected chi connectivity index (χ1v) is 19.0. The molecule has 5 heterocycles. The Labute approximate surface area is 335 Å². The molecule has 8 heteroatoms. The van der Waals surface area contributed by atoms with Gasteiger partial charge < -0.3 is 19.4 Å². The van der Waals surface area contributed by atoms with Crippen molar-refractivity contribution in [3.05, 3.63) is 166 Å². The summed E-state index contributed by atoms with van der Waals surface area (Å²) in [5, 5.41) is 0. The smallest absolute Gasteiger partial charge is 0.337 e. The minimum absolute atomic E-state index is 0.408. The van der Waals surface area contributed by atoms with Crippen LogP contribution in [0.15, 0.2) is 121 Å². The van der Waals surface area contributed by atoms with Crippen LogP contribution in [0.2, 0.25) is 0 Å². The number of carbonyl (C=O) groups excluding carboxylic acids is 2. The predicted molar refractivity (Wildman–Crippen MR) is 233 cm³/mol. The lowest BCUT2D eigenvalue weighted by atomic mass is 10.0. The van der Waals surface area contributed by atoms with Gasteiger partial charge in [-0.2, -0.15) is 0 Å². The van der Waals surface area contributed by atoms with Gasteiger partial charge in [0.25, 0.3) is 0 Å². The van der Waals surface area contributed by atoms with E-state index in [4.69, 9.17) is 19.4 Å². The molecule has 0 radical (unpaired) electrons. The van der Waals surface area contributed by atoms with Gasteiger partial charge in [-0.05, 0) is 109 Å². The third-order valence-electron chi connectivity index (χ3n) is 10.6. The van der Waals surface area contributed by atoms with E-state index in [1.54, 1.807) is 24.3 Å². The van der Waals surface area contributed by atoms with Crippen molar-refractivity contribution >= 4 is 58.3 Å². The Morgan fingerprint density at radius 3 is 0.914 bits per heavy atom. The van der Waals surface area contributed by atoms with Crippen LogP contribution in [0.3, 0.4) is 0 Å². The molecule has 7 aromatic rings. The maximum Gasteiger partial charge on any atom is 0.337 e. The molecule has 9 rings (SSSR count). The highest BCUT2D eigenvalue weighted by Gasteiger charge is 2.20. The molecule has 2 aliphatic heterocycles. The van der Waals surface area contributed by atoms with Crippen molar-refractivity contribution in [2.45, 2.75) is 13.8 Å². The normalized spacial score (nSPS) is 11.8. The maximum atomic E-state index is 12.4. The summed E-state index contributed by atoms with van der Waals surface area (Å²) in [7, 11) is 2.75. The zero-order chi connectivity index (χ0) is 39.9. The first kappa shape index (κ1) is 36.1. The van der Waals surface area contributed by atoms with E-state index in [1.165, 1.54) is 14.2 Å². The molecule has 8 bridgehead atoms. The zero-order valence-electron chi connectivity index (χ0n) is 32.4. The average Bonchev–Trinajstić information content (AvgIpc) is 4.10. The number of ether oxygens (including phenoxy) is 2. The lowest BCUT2D eigenvalue weighted by Gasteiger charge is -2.08. The third kappa shape index (κ3) is 6.60. The van der Waals surface area contributed by atoms with Crippen molar-refractivity contribution in [1.29, 1.82) is 0 Å². The molecule has 0 atom stereocenters. The van der Waals surface area contributed by atoms with E-state index in [0.717, 1.165) is 100 Å². The monoisotopic (exact) mass is 758 g/mol. The van der Waals surface area contributed by atoms with Gasteiger partial charge in [-0.1, -0.05) is 83.9 Å². The third-order valence-corrected chi connectivity index (χ3v) is 10.6. The number of aryl methyl sites for hydroxylation is 2. The van der Waals surface area contributed by atoms with Gasteiger partial charge in [0.1, 0.15) is 0 Å². The molecule has 8 nitrogen and oxygen atoms in total. The Morgan fingerprint density at radius 1 is 0.397 bits per heavy atom. The highest BCUT2D eigenvalue weighted by atomic mass is 16.5. The molecular formula is C50H38N4O4. The van der Waals surface area contributed by atoms with Crippen molar-refractivity contribution in [1.82, 2.24) is 19.9 Å². The number of fused-ring (bicyclic) bond motifs is 8. The molecule has 2 aliphatic rings. The number of hydrogen-bond donors (Lipinski definition) is 2. The number of nitrogens with one attached hydrogen (secondary N) is 2. The molecule has 0 aliphatic carbocycles. The lowest BCUT2D eigenvalue weighted by molar-refractivity contribution is 0.0592. The van der Waals surface area contributed by atoms with Crippen molar-refractivity contribution in [3.63, 3.8) is 0 Å². The Hall–Kier alpha value is -7.58. The van der Waals surface area contributed by atoms with Gasteiger partial charge in [0.05, 0.1) is 48.1 Å². The van der Waals surface area contributed by atoms with Crippen molar-refractivity contribution in [2.75, 3.05) is 14.2 Å². The topological polar surface area (TPSA) is 110 Å². The highest BCUT2D eigenvalue weighted by Crippen LogP contribution is 2.38. The van der Waals surface area contributed by atoms with Crippen molar-refractivity contribution in [3.8, 4) is 44.5 Å². The van der Waals surface area contributed by atoms with E-state index in [1.807, 2.05) is 36.4 Å². The number of carbonyl (C=O) groups is 2. The van der Waals surface area contributed by atoms with Crippen LogP contribution in [0.4, 0.5) is 0 Å². The predicted octanol–water partition coefficient (Wildman–Crippen LogP) is 11.5. The van der Waals surface area contributed by atoms with E-state index in [9.17, 15) is 9.59 Å². The summed E-state index contributed by atoms with van der Waals surface area (Å²) in [5.74, 6) is -0.815. The van der Waals surface area contributed by atoms with E-state index < -0.39 is 11.9 Å². The number of aromatic amines is 2. The van der Waals surface area contributed by atoms with Gasteiger partial charge in [0, 0.05) is 44.3 Å². The van der Waals surface area contributed by atoms with Gasteiger partial charge >= 0.3 is 11.9 Å². The summed E-state index contributed by atoms with van der Waals surface area (Å²) >= 11 is 0. The average molecular weight is 759 g/mol. The van der Waals surface area contributed by atoms with Crippen LogP contribution >= 0.6 is 0 Å². The second-order valence-corrected chi connectivity index (χ2v) is 14.4. The molecule has 58 heavy (non-hydrogen) atoms. The summed E-state index contributed by atoms with van der Waals surface area (Å²) in [5.41, 5.74) is 17.2. The van der Waals surface area contributed by atoms with E-state index >= 15 is 0 Å². The number of esters is 2. The molecule has 0 amide bonds. The summed E-state index contributed by atoms with van der Waals surface area (Å²) in [6.45, 7) is 4.17. The Balaban J connectivity index is 1.42. The van der Waals surface area contributed by atoms with Crippen molar-refractivity contribution < 1.29 is 19.1 Å².